The van der Waals surface area contributed by atoms with E-state index in [0.717, 1.165) is 80.8 Å². The first kappa shape index (κ1) is 29.8. The Balaban J connectivity index is 1.39. The van der Waals surface area contributed by atoms with Gasteiger partial charge in [-0.3, -0.25) is 14.4 Å². The molecule has 1 heterocycles. The lowest BCUT2D eigenvalue weighted by Crippen LogP contribution is -2.56. The Morgan fingerprint density at radius 3 is 2.60 bits per heavy atom. The standard InChI is InChI=1S/C30H39BClN3O5/c1-39-27-17-15-23(32)20-25(27)29(37)33-18-8-9-21-14-16-26-22(19-21)10-4-2-7-13-28(36)40-31(26)35-30(38)34-24-11-5-3-6-12-24/h14-17,19-20,24H,2-13,18H2,1H3,(H,33,37)(H2,34,35,38). The van der Waals surface area contributed by atoms with Gasteiger partial charge in [-0.25, -0.2) is 0 Å². The fourth-order valence-electron chi connectivity index (χ4n) is 5.45. The lowest BCUT2D eigenvalue weighted by molar-refractivity contribution is -0.134. The van der Waals surface area contributed by atoms with Crippen LogP contribution in [0.5, 0.6) is 5.75 Å². The molecule has 0 aromatic heterocycles. The summed E-state index contributed by atoms with van der Waals surface area (Å²) in [5.74, 6) is -0.0503. The van der Waals surface area contributed by atoms with Crippen molar-refractivity contribution in [2.24, 2.45) is 0 Å². The predicted octanol–water partition coefficient (Wildman–Crippen LogP) is 4.70. The summed E-state index contributed by atoms with van der Waals surface area (Å²) < 4.78 is 11.1. The van der Waals surface area contributed by atoms with Crippen LogP contribution in [0.3, 0.4) is 0 Å². The maximum Gasteiger partial charge on any atom is 0.522 e. The minimum Gasteiger partial charge on any atom is -0.511 e. The summed E-state index contributed by atoms with van der Waals surface area (Å²) in [7, 11) is 0.694. The first-order valence-electron chi connectivity index (χ1n) is 14.4. The molecule has 0 bridgehead atoms. The summed E-state index contributed by atoms with van der Waals surface area (Å²) in [5.41, 5.74) is 3.42. The van der Waals surface area contributed by atoms with Gasteiger partial charge in [0.1, 0.15) is 5.75 Å². The zero-order chi connectivity index (χ0) is 28.3. The normalized spacial score (nSPS) is 16.4. The van der Waals surface area contributed by atoms with E-state index in [-0.39, 0.29) is 23.9 Å². The highest BCUT2D eigenvalue weighted by Gasteiger charge is 2.30. The third kappa shape index (κ3) is 8.65. The number of hydrogen-bond acceptors (Lipinski definition) is 5. The van der Waals surface area contributed by atoms with E-state index >= 15 is 0 Å². The van der Waals surface area contributed by atoms with Crippen LogP contribution in [0.25, 0.3) is 0 Å². The molecule has 0 spiro atoms. The van der Waals surface area contributed by atoms with Crippen LogP contribution in [0.15, 0.2) is 36.4 Å². The molecule has 8 nitrogen and oxygen atoms in total. The summed E-state index contributed by atoms with van der Waals surface area (Å²) in [6.07, 6.45) is 10.8. The SMILES string of the molecule is COc1ccc(Cl)cc1C(=O)NCCCc1ccc2c(c1)CCCCCC(=O)OB2NC(=O)NC1CCCCC1. The van der Waals surface area contributed by atoms with Gasteiger partial charge in [0.2, 0.25) is 0 Å². The molecule has 0 saturated heterocycles. The Hall–Kier alpha value is -3.20. The van der Waals surface area contributed by atoms with Crippen molar-refractivity contribution in [2.45, 2.75) is 83.1 Å². The van der Waals surface area contributed by atoms with Gasteiger partial charge in [-0.15, -0.1) is 0 Å². The van der Waals surface area contributed by atoms with Gasteiger partial charge in [-0.1, -0.05) is 55.5 Å². The first-order valence-corrected chi connectivity index (χ1v) is 14.8. The Bertz CT molecular complexity index is 1190. The molecule has 1 aliphatic carbocycles. The molecule has 4 rings (SSSR count). The maximum absolute atomic E-state index is 12.8. The summed E-state index contributed by atoms with van der Waals surface area (Å²) in [6, 6.07) is 10.9. The highest BCUT2D eigenvalue weighted by atomic mass is 35.5. The second-order valence-electron chi connectivity index (χ2n) is 10.6. The minimum atomic E-state index is -0.829. The Morgan fingerprint density at radius 1 is 1.02 bits per heavy atom. The van der Waals surface area contributed by atoms with E-state index in [0.29, 0.717) is 29.3 Å². The second-order valence-corrected chi connectivity index (χ2v) is 11.1. The van der Waals surface area contributed by atoms with Gasteiger partial charge < -0.3 is 25.3 Å². The quantitative estimate of drug-likeness (QED) is 0.317. The van der Waals surface area contributed by atoms with Gasteiger partial charge in [-0.05, 0) is 79.7 Å². The second kappa shape index (κ2) is 15.0. The van der Waals surface area contributed by atoms with Crippen molar-refractivity contribution >= 4 is 42.0 Å². The molecule has 214 valence electrons. The summed E-state index contributed by atoms with van der Waals surface area (Å²) >= 11 is 6.06. The number of hydrogen-bond donors (Lipinski definition) is 3. The lowest BCUT2D eigenvalue weighted by Gasteiger charge is -2.25. The van der Waals surface area contributed by atoms with Crippen molar-refractivity contribution in [3.63, 3.8) is 0 Å². The van der Waals surface area contributed by atoms with Crippen molar-refractivity contribution < 1.29 is 23.8 Å². The van der Waals surface area contributed by atoms with Gasteiger partial charge in [0, 0.05) is 24.0 Å². The Kier molecular flexibility index (Phi) is 11.2. The largest absolute Gasteiger partial charge is 0.522 e. The van der Waals surface area contributed by atoms with Crippen LogP contribution in [-0.4, -0.2) is 44.7 Å². The number of aryl methyl sites for hydroxylation is 2. The van der Waals surface area contributed by atoms with Crippen LogP contribution < -0.4 is 26.1 Å². The molecule has 2 aliphatic rings. The number of rotatable bonds is 8. The van der Waals surface area contributed by atoms with Crippen molar-refractivity contribution in [1.82, 2.24) is 15.9 Å². The van der Waals surface area contributed by atoms with E-state index in [4.69, 9.17) is 21.0 Å². The zero-order valence-electron chi connectivity index (χ0n) is 23.2. The highest BCUT2D eigenvalue weighted by molar-refractivity contribution is 6.69. The average Bonchev–Trinajstić information content (AvgIpc) is 2.95. The number of amides is 3. The van der Waals surface area contributed by atoms with Crippen LogP contribution in [0, 0.1) is 0 Å². The molecule has 0 radical (unpaired) electrons. The third-order valence-corrected chi connectivity index (χ3v) is 7.84. The van der Waals surface area contributed by atoms with Crippen LogP contribution in [-0.2, 0) is 22.3 Å². The third-order valence-electron chi connectivity index (χ3n) is 7.60. The monoisotopic (exact) mass is 567 g/mol. The molecule has 1 saturated carbocycles. The van der Waals surface area contributed by atoms with Gasteiger partial charge in [0.05, 0.1) is 12.7 Å². The molecule has 3 amide bonds. The van der Waals surface area contributed by atoms with Crippen LogP contribution in [0.4, 0.5) is 4.79 Å². The molecule has 0 unspecified atom stereocenters. The molecular weight excluding hydrogens is 529 g/mol. The number of halogens is 1. The van der Waals surface area contributed by atoms with Crippen molar-refractivity contribution in [3.8, 4) is 5.75 Å². The van der Waals surface area contributed by atoms with Crippen molar-refractivity contribution in [2.75, 3.05) is 13.7 Å². The van der Waals surface area contributed by atoms with E-state index in [1.807, 2.05) is 12.1 Å². The molecule has 10 heteroatoms. The number of carbonyl (C=O) groups is 3. The van der Waals surface area contributed by atoms with Crippen LogP contribution >= 0.6 is 11.6 Å². The predicted molar refractivity (Wildman–Crippen MR) is 157 cm³/mol. The molecule has 1 aliphatic heterocycles. The van der Waals surface area contributed by atoms with Gasteiger partial charge in [0.15, 0.2) is 0 Å². The fraction of sp³-hybridized carbons (Fsp3) is 0.500. The van der Waals surface area contributed by atoms with Gasteiger partial charge in [-0.2, -0.15) is 0 Å². The maximum atomic E-state index is 12.8. The van der Waals surface area contributed by atoms with Gasteiger partial charge in [0.25, 0.3) is 11.9 Å². The number of carbonyl (C=O) groups excluding carboxylic acids is 3. The molecule has 2 aromatic carbocycles. The van der Waals surface area contributed by atoms with Crippen LogP contribution in [0.1, 0.15) is 85.7 Å². The van der Waals surface area contributed by atoms with E-state index in [1.54, 1.807) is 18.2 Å². The molecule has 40 heavy (non-hydrogen) atoms. The molecule has 0 atom stereocenters. The fourth-order valence-corrected chi connectivity index (χ4v) is 5.62. The molecule has 3 N–H and O–H groups in total. The number of benzene rings is 2. The average molecular weight is 568 g/mol. The van der Waals surface area contributed by atoms with E-state index in [2.05, 4.69) is 21.9 Å². The smallest absolute Gasteiger partial charge is 0.511 e. The number of nitrogens with one attached hydrogen (secondary N) is 3. The molecule has 1 fully saturated rings. The first-order chi connectivity index (χ1) is 19.4. The number of ether oxygens (including phenoxy) is 1. The van der Waals surface area contributed by atoms with E-state index in [9.17, 15) is 14.4 Å². The Morgan fingerprint density at radius 2 is 1.80 bits per heavy atom. The number of methoxy groups -OCH3 is 1. The van der Waals surface area contributed by atoms with Crippen molar-refractivity contribution in [1.29, 1.82) is 0 Å². The number of urea groups is 1. The van der Waals surface area contributed by atoms with Gasteiger partial charge >= 0.3 is 13.1 Å². The molecular formula is C30H39BClN3O5. The number of fused-ring (bicyclic) bond motifs is 1. The summed E-state index contributed by atoms with van der Waals surface area (Å²) in [5, 5.41) is 9.40. The topological polar surface area (TPSA) is 106 Å². The minimum absolute atomic E-state index is 0.159. The Labute approximate surface area is 242 Å². The lowest BCUT2D eigenvalue weighted by atomic mass is 9.69. The van der Waals surface area contributed by atoms with Crippen LogP contribution in [0.2, 0.25) is 5.02 Å². The highest BCUT2D eigenvalue weighted by Crippen LogP contribution is 2.22. The summed E-state index contributed by atoms with van der Waals surface area (Å²) in [6.45, 7) is 0.495. The molecule has 2 aromatic rings. The van der Waals surface area contributed by atoms with E-state index in [1.165, 1.54) is 13.5 Å². The summed E-state index contributed by atoms with van der Waals surface area (Å²) in [4.78, 5) is 38.0. The van der Waals surface area contributed by atoms with Crippen molar-refractivity contribution in [3.05, 3.63) is 58.1 Å². The van der Waals surface area contributed by atoms with E-state index < -0.39 is 7.05 Å². The zero-order valence-corrected chi connectivity index (χ0v) is 24.0.